The van der Waals surface area contributed by atoms with Gasteiger partial charge in [0.15, 0.2) is 12.7 Å². The summed E-state index contributed by atoms with van der Waals surface area (Å²) in [6.45, 7) is 7.49. The minimum Gasteiger partial charge on any atom is -0.480 e. The van der Waals surface area contributed by atoms with E-state index >= 15 is 0 Å². The second kappa shape index (κ2) is 8.57. The molecular formula is C21H24BrN3O2. The van der Waals surface area contributed by atoms with Crippen molar-refractivity contribution in [3.05, 3.63) is 57.6 Å². The normalized spacial score (nSPS) is 16.3. The van der Waals surface area contributed by atoms with Crippen LogP contribution in [-0.2, 0) is 4.84 Å². The van der Waals surface area contributed by atoms with Gasteiger partial charge in [-0.15, -0.1) is 0 Å². The predicted octanol–water partition coefficient (Wildman–Crippen LogP) is 4.86. The average molecular weight is 430 g/mol. The summed E-state index contributed by atoms with van der Waals surface area (Å²) >= 11 is 3.50. The van der Waals surface area contributed by atoms with Crippen LogP contribution in [0.4, 0.5) is 5.69 Å². The number of aryl methyl sites for hydroxylation is 2. The second-order valence-corrected chi connectivity index (χ2v) is 7.53. The number of benzene rings is 2. The third kappa shape index (κ3) is 4.69. The highest BCUT2D eigenvalue weighted by molar-refractivity contribution is 9.10. The largest absolute Gasteiger partial charge is 0.480 e. The molecule has 1 aliphatic heterocycles. The Hall–Kier alpha value is -2.34. The van der Waals surface area contributed by atoms with Crippen LogP contribution in [0.25, 0.3) is 0 Å². The maximum absolute atomic E-state index is 6.26. The van der Waals surface area contributed by atoms with E-state index in [4.69, 9.17) is 9.57 Å². The van der Waals surface area contributed by atoms with E-state index in [1.54, 1.807) is 0 Å². The van der Waals surface area contributed by atoms with Crippen molar-refractivity contribution in [3.63, 3.8) is 0 Å². The number of aliphatic imine (C=N–C) groups is 1. The van der Waals surface area contributed by atoms with Crippen molar-refractivity contribution in [1.82, 2.24) is 4.90 Å². The van der Waals surface area contributed by atoms with Gasteiger partial charge >= 0.3 is 0 Å². The lowest BCUT2D eigenvalue weighted by molar-refractivity contribution is 0.115. The fourth-order valence-corrected chi connectivity index (χ4v) is 3.12. The highest BCUT2D eigenvalue weighted by atomic mass is 79.9. The van der Waals surface area contributed by atoms with Crippen LogP contribution in [0, 0.1) is 13.8 Å². The Morgan fingerprint density at radius 3 is 2.85 bits per heavy atom. The lowest BCUT2D eigenvalue weighted by atomic mass is 10.1. The van der Waals surface area contributed by atoms with E-state index in [9.17, 15) is 0 Å². The van der Waals surface area contributed by atoms with Crippen LogP contribution in [0.15, 0.2) is 51.0 Å². The SMILES string of the molecule is CCN(C)/C=N/c1cc(C)c(OC2CON=C2c2cccc(Br)c2)cc1C. The Labute approximate surface area is 168 Å². The van der Waals surface area contributed by atoms with Gasteiger partial charge in [0.05, 0.1) is 12.0 Å². The third-order valence-electron chi connectivity index (χ3n) is 4.47. The first-order valence-corrected chi connectivity index (χ1v) is 9.75. The second-order valence-electron chi connectivity index (χ2n) is 6.61. The minimum absolute atomic E-state index is 0.238. The van der Waals surface area contributed by atoms with Crippen LogP contribution >= 0.6 is 15.9 Å². The molecule has 0 radical (unpaired) electrons. The summed E-state index contributed by atoms with van der Waals surface area (Å²) in [5, 5.41) is 4.19. The number of hydrogen-bond acceptors (Lipinski definition) is 4. The van der Waals surface area contributed by atoms with Crippen molar-refractivity contribution in [2.24, 2.45) is 10.1 Å². The van der Waals surface area contributed by atoms with E-state index in [2.05, 4.69) is 39.1 Å². The molecule has 0 aliphatic carbocycles. The van der Waals surface area contributed by atoms with E-state index in [1.165, 1.54) is 0 Å². The van der Waals surface area contributed by atoms with Crippen molar-refractivity contribution in [2.45, 2.75) is 26.9 Å². The molecule has 1 unspecified atom stereocenters. The Kier molecular flexibility index (Phi) is 6.16. The molecule has 1 atom stereocenters. The van der Waals surface area contributed by atoms with Gasteiger partial charge in [0.1, 0.15) is 11.5 Å². The van der Waals surface area contributed by atoms with Crippen molar-refractivity contribution >= 4 is 33.7 Å². The number of rotatable bonds is 6. The summed E-state index contributed by atoms with van der Waals surface area (Å²) in [7, 11) is 2.01. The van der Waals surface area contributed by atoms with Crippen LogP contribution in [0.2, 0.25) is 0 Å². The maximum Gasteiger partial charge on any atom is 0.181 e. The molecular weight excluding hydrogens is 406 g/mol. The third-order valence-corrected chi connectivity index (χ3v) is 4.96. The standard InChI is InChI=1S/C21H24BrN3O2/c1-5-25(4)13-23-18-9-15(3)19(10-14(18)2)27-20-12-26-24-21(20)16-7-6-8-17(22)11-16/h6-11,13,20H,5,12H2,1-4H3/b23-13+. The monoisotopic (exact) mass is 429 g/mol. The average Bonchev–Trinajstić information content (AvgIpc) is 3.11. The highest BCUT2D eigenvalue weighted by Gasteiger charge is 2.27. The molecule has 2 aromatic rings. The molecule has 0 N–H and O–H groups in total. The maximum atomic E-state index is 6.26. The van der Waals surface area contributed by atoms with E-state index in [-0.39, 0.29) is 6.10 Å². The van der Waals surface area contributed by atoms with Crippen LogP contribution in [0.1, 0.15) is 23.6 Å². The summed E-state index contributed by atoms with van der Waals surface area (Å²) in [5.74, 6) is 0.827. The zero-order chi connectivity index (χ0) is 19.4. The predicted molar refractivity (Wildman–Crippen MR) is 113 cm³/mol. The molecule has 1 aliphatic rings. The molecule has 142 valence electrons. The number of halogens is 1. The van der Waals surface area contributed by atoms with Gasteiger partial charge in [-0.1, -0.05) is 33.2 Å². The lowest BCUT2D eigenvalue weighted by Gasteiger charge is -2.17. The molecule has 0 saturated heterocycles. The Balaban J connectivity index is 1.80. The van der Waals surface area contributed by atoms with Gasteiger partial charge in [0, 0.05) is 23.6 Å². The Bertz CT molecular complexity index is 880. The van der Waals surface area contributed by atoms with Gasteiger partial charge in [-0.05, 0) is 56.2 Å². The highest BCUT2D eigenvalue weighted by Crippen LogP contribution is 2.30. The van der Waals surface area contributed by atoms with Gasteiger partial charge in [-0.25, -0.2) is 4.99 Å². The van der Waals surface area contributed by atoms with Gasteiger partial charge in [0.25, 0.3) is 0 Å². The molecule has 6 heteroatoms. The van der Waals surface area contributed by atoms with Crippen molar-refractivity contribution < 1.29 is 9.57 Å². The van der Waals surface area contributed by atoms with Crippen molar-refractivity contribution in [1.29, 1.82) is 0 Å². The zero-order valence-corrected chi connectivity index (χ0v) is 17.7. The quantitative estimate of drug-likeness (QED) is 0.486. The van der Waals surface area contributed by atoms with Crippen molar-refractivity contribution in [2.75, 3.05) is 20.2 Å². The number of hydrogen-bond donors (Lipinski definition) is 0. The molecule has 27 heavy (non-hydrogen) atoms. The molecule has 1 heterocycles. The smallest absolute Gasteiger partial charge is 0.181 e. The summed E-state index contributed by atoms with van der Waals surface area (Å²) in [6.07, 6.45) is 1.61. The van der Waals surface area contributed by atoms with E-state index < -0.39 is 0 Å². The molecule has 3 rings (SSSR count). The number of ether oxygens (including phenoxy) is 1. The summed E-state index contributed by atoms with van der Waals surface area (Å²) in [5.41, 5.74) is 4.84. The first-order chi connectivity index (χ1) is 13.0. The molecule has 2 aromatic carbocycles. The Morgan fingerprint density at radius 2 is 2.11 bits per heavy atom. The van der Waals surface area contributed by atoms with Crippen LogP contribution < -0.4 is 4.74 Å². The summed E-state index contributed by atoms with van der Waals surface area (Å²) < 4.78 is 7.26. The van der Waals surface area contributed by atoms with Gasteiger partial charge in [0.2, 0.25) is 0 Å². The topological polar surface area (TPSA) is 46.4 Å². The first kappa shape index (κ1) is 19.4. The van der Waals surface area contributed by atoms with Crippen LogP contribution in [0.3, 0.4) is 0 Å². The van der Waals surface area contributed by atoms with E-state index in [1.807, 2.05) is 62.5 Å². The number of nitrogens with zero attached hydrogens (tertiary/aromatic N) is 3. The first-order valence-electron chi connectivity index (χ1n) is 8.96. The lowest BCUT2D eigenvalue weighted by Crippen LogP contribution is -2.28. The van der Waals surface area contributed by atoms with Gasteiger partial charge in [-0.2, -0.15) is 0 Å². The minimum atomic E-state index is -0.238. The molecule has 0 fully saturated rings. The fourth-order valence-electron chi connectivity index (χ4n) is 2.72. The molecule has 0 bridgehead atoms. The zero-order valence-electron chi connectivity index (χ0n) is 16.1. The van der Waals surface area contributed by atoms with Crippen molar-refractivity contribution in [3.8, 4) is 5.75 Å². The molecule has 0 spiro atoms. The van der Waals surface area contributed by atoms with Gasteiger partial charge in [-0.3, -0.25) is 0 Å². The van der Waals surface area contributed by atoms with Crippen LogP contribution in [-0.4, -0.2) is 43.3 Å². The summed E-state index contributed by atoms with van der Waals surface area (Å²) in [6, 6.07) is 12.1. The van der Waals surface area contributed by atoms with Crippen LogP contribution in [0.5, 0.6) is 5.75 Å². The molecule has 5 nitrogen and oxygen atoms in total. The fraction of sp³-hybridized carbons (Fsp3) is 0.333. The summed E-state index contributed by atoms with van der Waals surface area (Å²) in [4.78, 5) is 11.9. The van der Waals surface area contributed by atoms with E-state index in [0.717, 1.165) is 44.9 Å². The molecule has 0 saturated carbocycles. The molecule has 0 amide bonds. The Morgan fingerprint density at radius 1 is 1.30 bits per heavy atom. The number of oxime groups is 1. The van der Waals surface area contributed by atoms with E-state index in [0.29, 0.717) is 6.61 Å². The van der Waals surface area contributed by atoms with Gasteiger partial charge < -0.3 is 14.5 Å². The molecule has 0 aromatic heterocycles.